The van der Waals surface area contributed by atoms with E-state index in [0.29, 0.717) is 39.3 Å². The standard InChI is InChI=1S/C31H33F3N4O2/c1-6-38(4)28-15-22-13-23(37-26(22)18-36-28)16-30(39,31(32,33)34)19-29(2,3)25-14-20(11-12-27(25)40-5)24-10-8-7-9-21(24)17-35/h7-15,18,37,39H,6,16,19H2,1-5H3. The largest absolute Gasteiger partial charge is 0.496 e. The topological polar surface area (TPSA) is 85.2 Å². The SMILES string of the molecule is CCN(C)c1cc2cc(CC(O)(CC(C)(C)c3cc(-c4ccccc4C#N)ccc3OC)C(F)(F)F)[nH]c2cn1. The molecule has 0 saturated carbocycles. The second-order valence-corrected chi connectivity index (χ2v) is 10.8. The third-order valence-electron chi connectivity index (χ3n) is 7.44. The number of ether oxygens (including phenoxy) is 1. The molecule has 0 radical (unpaired) electrons. The molecular weight excluding hydrogens is 517 g/mol. The molecule has 9 heteroatoms. The van der Waals surface area contributed by atoms with Gasteiger partial charge in [0, 0.05) is 36.7 Å². The van der Waals surface area contributed by atoms with E-state index in [0.717, 1.165) is 11.9 Å². The molecule has 1 unspecified atom stereocenters. The van der Waals surface area contributed by atoms with Crippen LogP contribution >= 0.6 is 0 Å². The summed E-state index contributed by atoms with van der Waals surface area (Å²) in [5, 5.41) is 21.6. The van der Waals surface area contributed by atoms with E-state index < -0.39 is 30.0 Å². The summed E-state index contributed by atoms with van der Waals surface area (Å²) in [6.45, 7) is 6.02. The number of nitrogens with zero attached hydrogens (tertiary/aromatic N) is 3. The smallest absolute Gasteiger partial charge is 0.417 e. The lowest BCUT2D eigenvalue weighted by molar-refractivity contribution is -0.266. The van der Waals surface area contributed by atoms with Crippen molar-refractivity contribution < 1.29 is 23.0 Å². The Hall–Kier alpha value is -4.03. The minimum absolute atomic E-state index is 0.257. The van der Waals surface area contributed by atoms with Gasteiger partial charge in [-0.25, -0.2) is 4.98 Å². The molecule has 2 aromatic heterocycles. The normalized spacial score (nSPS) is 13.6. The Bertz CT molecular complexity index is 1550. The maximum absolute atomic E-state index is 14.6. The van der Waals surface area contributed by atoms with Gasteiger partial charge in [0.15, 0.2) is 5.60 Å². The Morgan fingerprint density at radius 2 is 1.82 bits per heavy atom. The van der Waals surface area contributed by atoms with E-state index in [2.05, 4.69) is 16.0 Å². The lowest BCUT2D eigenvalue weighted by Gasteiger charge is -2.38. The van der Waals surface area contributed by atoms with E-state index in [-0.39, 0.29) is 5.69 Å². The van der Waals surface area contributed by atoms with E-state index >= 15 is 0 Å². The van der Waals surface area contributed by atoms with E-state index in [1.165, 1.54) is 7.11 Å². The summed E-state index contributed by atoms with van der Waals surface area (Å²) in [6.07, 6.45) is -4.61. The number of pyridine rings is 1. The number of methoxy groups -OCH3 is 1. The molecule has 0 aliphatic carbocycles. The Morgan fingerprint density at radius 1 is 1.10 bits per heavy atom. The second-order valence-electron chi connectivity index (χ2n) is 10.8. The summed E-state index contributed by atoms with van der Waals surface area (Å²) in [5.74, 6) is 1.11. The number of anilines is 1. The minimum atomic E-state index is -4.91. The first-order valence-electron chi connectivity index (χ1n) is 13.0. The van der Waals surface area contributed by atoms with E-state index in [1.807, 2.05) is 24.9 Å². The van der Waals surface area contributed by atoms with Gasteiger partial charge in [0.05, 0.1) is 30.5 Å². The van der Waals surface area contributed by atoms with Crippen LogP contribution < -0.4 is 9.64 Å². The lowest BCUT2D eigenvalue weighted by Crippen LogP contribution is -2.51. The van der Waals surface area contributed by atoms with Gasteiger partial charge in [-0.05, 0) is 60.2 Å². The number of aromatic amines is 1. The molecule has 40 heavy (non-hydrogen) atoms. The minimum Gasteiger partial charge on any atom is -0.496 e. The summed E-state index contributed by atoms with van der Waals surface area (Å²) in [6, 6.07) is 17.8. The first-order valence-corrected chi connectivity index (χ1v) is 13.0. The molecule has 1 atom stereocenters. The van der Waals surface area contributed by atoms with Crippen molar-refractivity contribution in [2.24, 2.45) is 0 Å². The van der Waals surface area contributed by atoms with Crippen LogP contribution in [0.2, 0.25) is 0 Å². The fourth-order valence-corrected chi connectivity index (χ4v) is 5.19. The zero-order valence-electron chi connectivity index (χ0n) is 23.2. The summed E-state index contributed by atoms with van der Waals surface area (Å²) in [7, 11) is 3.34. The maximum Gasteiger partial charge on any atom is 0.417 e. The highest BCUT2D eigenvalue weighted by Crippen LogP contribution is 2.46. The summed E-state index contributed by atoms with van der Waals surface area (Å²) in [4.78, 5) is 9.31. The Balaban J connectivity index is 1.72. The zero-order valence-corrected chi connectivity index (χ0v) is 23.2. The number of aliphatic hydroxyl groups is 1. The number of nitriles is 1. The van der Waals surface area contributed by atoms with Gasteiger partial charge in [0.2, 0.25) is 0 Å². The Labute approximate surface area is 232 Å². The average Bonchev–Trinajstić information content (AvgIpc) is 3.32. The van der Waals surface area contributed by atoms with E-state index in [4.69, 9.17) is 4.74 Å². The highest BCUT2D eigenvalue weighted by molar-refractivity contribution is 5.82. The molecule has 0 fully saturated rings. The van der Waals surface area contributed by atoms with E-state index in [9.17, 15) is 23.5 Å². The van der Waals surface area contributed by atoms with Crippen LogP contribution in [0.15, 0.2) is 60.8 Å². The van der Waals surface area contributed by atoms with Crippen LogP contribution in [0.4, 0.5) is 19.0 Å². The number of alkyl halides is 3. The van der Waals surface area contributed by atoms with Crippen molar-refractivity contribution >= 4 is 16.7 Å². The number of fused-ring (bicyclic) bond motifs is 1. The number of hydrogen-bond acceptors (Lipinski definition) is 5. The van der Waals surface area contributed by atoms with Crippen LogP contribution in [0.1, 0.15) is 44.0 Å². The third kappa shape index (κ3) is 5.63. The Kier molecular flexibility index (Phi) is 7.86. The van der Waals surface area contributed by atoms with Crippen LogP contribution in [-0.2, 0) is 11.8 Å². The van der Waals surface area contributed by atoms with Crippen molar-refractivity contribution in [2.45, 2.75) is 50.8 Å². The van der Waals surface area contributed by atoms with Gasteiger partial charge in [-0.3, -0.25) is 0 Å². The van der Waals surface area contributed by atoms with Crippen molar-refractivity contribution in [1.29, 1.82) is 5.26 Å². The molecule has 0 spiro atoms. The van der Waals surface area contributed by atoms with Crippen LogP contribution in [-0.4, -0.2) is 47.6 Å². The van der Waals surface area contributed by atoms with E-state index in [1.54, 1.807) is 68.6 Å². The molecule has 0 saturated heterocycles. The lowest BCUT2D eigenvalue weighted by atomic mass is 9.72. The fourth-order valence-electron chi connectivity index (χ4n) is 5.19. The molecular formula is C31H33F3N4O2. The fraction of sp³-hybridized carbons (Fsp3) is 0.355. The van der Waals surface area contributed by atoms with Gasteiger partial charge in [-0.2, -0.15) is 18.4 Å². The summed E-state index contributed by atoms with van der Waals surface area (Å²) >= 11 is 0. The highest BCUT2D eigenvalue weighted by atomic mass is 19.4. The van der Waals surface area contributed by atoms with Gasteiger partial charge in [-0.15, -0.1) is 0 Å². The molecule has 0 aliphatic rings. The van der Waals surface area contributed by atoms with Crippen LogP contribution in [0, 0.1) is 11.3 Å². The van der Waals surface area contributed by atoms with Crippen LogP contribution in [0.3, 0.4) is 0 Å². The summed E-state index contributed by atoms with van der Waals surface area (Å²) < 4.78 is 49.3. The quantitative estimate of drug-likeness (QED) is 0.240. The summed E-state index contributed by atoms with van der Waals surface area (Å²) in [5.41, 5.74) is -1.08. The molecule has 0 amide bonds. The number of aromatic nitrogens is 2. The first-order chi connectivity index (χ1) is 18.8. The first kappa shape index (κ1) is 29.0. The molecule has 6 nitrogen and oxygen atoms in total. The van der Waals surface area contributed by atoms with Gasteiger partial charge in [0.25, 0.3) is 0 Å². The number of halogens is 3. The Morgan fingerprint density at radius 3 is 2.48 bits per heavy atom. The molecule has 210 valence electrons. The monoisotopic (exact) mass is 550 g/mol. The molecule has 2 N–H and O–H groups in total. The number of hydrogen-bond donors (Lipinski definition) is 2. The van der Waals surface area contributed by atoms with Gasteiger partial charge in [-0.1, -0.05) is 38.1 Å². The van der Waals surface area contributed by atoms with Crippen LogP contribution in [0.5, 0.6) is 5.75 Å². The van der Waals surface area contributed by atoms with Crippen molar-refractivity contribution in [1.82, 2.24) is 9.97 Å². The maximum atomic E-state index is 14.6. The molecule has 4 aromatic rings. The molecule has 2 heterocycles. The van der Waals surface area contributed by atoms with Gasteiger partial charge in [0.1, 0.15) is 11.6 Å². The van der Waals surface area contributed by atoms with Crippen molar-refractivity contribution in [3.05, 3.63) is 77.6 Å². The molecule has 2 aromatic carbocycles. The number of nitrogens with one attached hydrogen (secondary N) is 1. The van der Waals surface area contributed by atoms with Gasteiger partial charge >= 0.3 is 6.18 Å². The third-order valence-corrected chi connectivity index (χ3v) is 7.44. The zero-order chi connectivity index (χ0) is 29.3. The van der Waals surface area contributed by atoms with Crippen LogP contribution in [0.25, 0.3) is 22.0 Å². The molecule has 4 rings (SSSR count). The average molecular weight is 551 g/mol. The molecule has 0 bridgehead atoms. The predicted molar refractivity (Wildman–Crippen MR) is 151 cm³/mol. The number of benzene rings is 2. The number of H-pyrrole nitrogens is 1. The highest BCUT2D eigenvalue weighted by Gasteiger charge is 2.56. The van der Waals surface area contributed by atoms with Gasteiger partial charge < -0.3 is 19.7 Å². The van der Waals surface area contributed by atoms with Crippen molar-refractivity contribution in [3.8, 4) is 22.9 Å². The molecule has 0 aliphatic heterocycles. The number of rotatable bonds is 9. The van der Waals surface area contributed by atoms with Crippen molar-refractivity contribution in [3.63, 3.8) is 0 Å². The predicted octanol–water partition coefficient (Wildman–Crippen LogP) is 6.77. The van der Waals surface area contributed by atoms with Crippen molar-refractivity contribution in [2.75, 3.05) is 25.6 Å². The second kappa shape index (κ2) is 10.9.